The van der Waals surface area contributed by atoms with E-state index in [-0.39, 0.29) is 6.10 Å². The lowest BCUT2D eigenvalue weighted by atomic mass is 10.0. The maximum absolute atomic E-state index is 10.8. The molecule has 7 heteroatoms. The third kappa shape index (κ3) is 7.00. The van der Waals surface area contributed by atoms with Crippen LogP contribution in [0.1, 0.15) is 35.0 Å². The van der Waals surface area contributed by atoms with Crippen molar-refractivity contribution in [2.75, 3.05) is 38.5 Å². The number of nitrogens with zero attached hydrogens (tertiary/aromatic N) is 2. The number of hydrogen-bond acceptors (Lipinski definition) is 7. The minimum Gasteiger partial charge on any atom is -0.374 e. The molecule has 3 aromatic rings. The van der Waals surface area contributed by atoms with Gasteiger partial charge in [-0.05, 0) is 37.1 Å². The van der Waals surface area contributed by atoms with Gasteiger partial charge in [-0.1, -0.05) is 72.8 Å². The van der Waals surface area contributed by atoms with Crippen LogP contribution in [0.2, 0.25) is 0 Å². The van der Waals surface area contributed by atoms with Crippen molar-refractivity contribution in [2.24, 2.45) is 0 Å². The van der Waals surface area contributed by atoms with E-state index in [0.717, 1.165) is 61.1 Å². The summed E-state index contributed by atoms with van der Waals surface area (Å²) in [7, 11) is 1.89. The van der Waals surface area contributed by atoms with Gasteiger partial charge in [0.15, 0.2) is 0 Å². The van der Waals surface area contributed by atoms with Gasteiger partial charge in [-0.15, -0.1) is 0 Å². The van der Waals surface area contributed by atoms with Crippen molar-refractivity contribution >= 4 is 12.0 Å². The van der Waals surface area contributed by atoms with Gasteiger partial charge >= 0.3 is 0 Å². The zero-order valence-corrected chi connectivity index (χ0v) is 20.7. The second-order valence-corrected chi connectivity index (χ2v) is 9.22. The molecule has 1 fully saturated rings. The van der Waals surface area contributed by atoms with Crippen molar-refractivity contribution in [3.63, 3.8) is 0 Å². The van der Waals surface area contributed by atoms with Gasteiger partial charge in [0.1, 0.15) is 12.5 Å². The molecule has 1 heterocycles. The summed E-state index contributed by atoms with van der Waals surface area (Å²) in [6.07, 6.45) is 0.639. The first kappa shape index (κ1) is 26.0. The fourth-order valence-electron chi connectivity index (χ4n) is 4.52. The molecule has 0 spiro atoms. The summed E-state index contributed by atoms with van der Waals surface area (Å²) in [5, 5.41) is 24.3. The van der Waals surface area contributed by atoms with E-state index in [9.17, 15) is 15.0 Å². The van der Waals surface area contributed by atoms with E-state index in [1.807, 2.05) is 66.5 Å². The molecule has 0 saturated carbocycles. The number of carbonyl (C=O) groups is 1. The van der Waals surface area contributed by atoms with Gasteiger partial charge in [0.05, 0.1) is 6.10 Å². The predicted octanol–water partition coefficient (Wildman–Crippen LogP) is 3.96. The first-order valence-electron chi connectivity index (χ1n) is 12.4. The van der Waals surface area contributed by atoms with E-state index in [0.29, 0.717) is 12.1 Å². The van der Waals surface area contributed by atoms with Gasteiger partial charge in [0.25, 0.3) is 0 Å². The number of nitrogens with one attached hydrogen (secondary N) is 1. The van der Waals surface area contributed by atoms with Crippen LogP contribution in [-0.2, 0) is 4.74 Å². The van der Waals surface area contributed by atoms with E-state index in [1.54, 1.807) is 24.3 Å². The normalized spacial score (nSPS) is 16.6. The van der Waals surface area contributed by atoms with Crippen molar-refractivity contribution < 1.29 is 19.7 Å². The minimum absolute atomic E-state index is 0.0210. The molecular formula is C29H35N3O4. The number of anilines is 1. The average molecular weight is 490 g/mol. The largest absolute Gasteiger partial charge is 0.374 e. The van der Waals surface area contributed by atoms with Gasteiger partial charge < -0.3 is 25.2 Å². The number of carbonyl (C=O) groups excluding carboxylic acids is 1. The molecule has 0 radical (unpaired) electrons. The second kappa shape index (κ2) is 12.8. The molecule has 2 atom stereocenters. The smallest absolute Gasteiger partial charge is 0.235 e. The molecule has 1 aliphatic rings. The lowest BCUT2D eigenvalue weighted by Gasteiger charge is -2.34. The van der Waals surface area contributed by atoms with E-state index in [1.165, 1.54) is 0 Å². The Morgan fingerprint density at radius 1 is 1.00 bits per heavy atom. The quantitative estimate of drug-likeness (QED) is 0.278. The Morgan fingerprint density at radius 3 is 2.36 bits per heavy atom. The number of para-hydroxylation sites is 1. The Hall–Kier alpha value is -3.07. The van der Waals surface area contributed by atoms with E-state index < -0.39 is 12.6 Å². The monoisotopic (exact) mass is 489 g/mol. The molecule has 1 saturated heterocycles. The van der Waals surface area contributed by atoms with Crippen LogP contribution in [0.4, 0.5) is 5.69 Å². The number of likely N-dealkylation sites (tertiary alicyclic amines) is 1. The van der Waals surface area contributed by atoms with Crippen molar-refractivity contribution in [1.29, 1.82) is 0 Å². The highest BCUT2D eigenvalue weighted by Gasteiger charge is 2.23. The van der Waals surface area contributed by atoms with Crippen LogP contribution >= 0.6 is 0 Å². The van der Waals surface area contributed by atoms with Crippen molar-refractivity contribution in [1.82, 2.24) is 9.80 Å². The van der Waals surface area contributed by atoms with Gasteiger partial charge in [0, 0.05) is 43.0 Å². The minimum atomic E-state index is -1.08. The highest BCUT2D eigenvalue weighted by atomic mass is 16.6. The molecular weight excluding hydrogens is 454 g/mol. The lowest BCUT2D eigenvalue weighted by molar-refractivity contribution is -0.131. The SMILES string of the molecule is CN(CCN1CCC(OC(O)Nc2ccccc2-c2ccccc2)CC1)C(O)c1ccc(C=O)cc1. The standard InChI is InChI=1S/C29H35N3O4/c1-31(28(34)24-13-11-22(21-33)12-14-24)19-20-32-17-15-25(16-18-32)36-29(35)30-27-10-6-5-9-26(27)23-7-3-2-4-8-23/h2-14,21,25,28-30,34-35H,15-20H2,1H3. The molecule has 0 aliphatic carbocycles. The third-order valence-electron chi connectivity index (χ3n) is 6.70. The fraction of sp³-hybridized carbons (Fsp3) is 0.345. The van der Waals surface area contributed by atoms with Crippen LogP contribution in [0.25, 0.3) is 11.1 Å². The first-order valence-corrected chi connectivity index (χ1v) is 12.4. The zero-order chi connectivity index (χ0) is 25.3. The molecule has 36 heavy (non-hydrogen) atoms. The summed E-state index contributed by atoms with van der Waals surface area (Å²) in [6, 6.07) is 25.0. The molecule has 0 bridgehead atoms. The fourth-order valence-corrected chi connectivity index (χ4v) is 4.52. The molecule has 0 amide bonds. The van der Waals surface area contributed by atoms with Crippen LogP contribution in [-0.4, -0.2) is 72.0 Å². The number of aldehydes is 1. The topological polar surface area (TPSA) is 85.3 Å². The first-order chi connectivity index (χ1) is 17.5. The Labute approximate surface area is 212 Å². The van der Waals surface area contributed by atoms with E-state index in [4.69, 9.17) is 4.74 Å². The van der Waals surface area contributed by atoms with Crippen LogP contribution in [0.3, 0.4) is 0 Å². The summed E-state index contributed by atoms with van der Waals surface area (Å²) in [4.78, 5) is 15.1. The lowest BCUT2D eigenvalue weighted by Crippen LogP contribution is -2.43. The average Bonchev–Trinajstić information content (AvgIpc) is 2.93. The maximum atomic E-state index is 10.8. The van der Waals surface area contributed by atoms with Crippen LogP contribution in [0.5, 0.6) is 0 Å². The molecule has 4 rings (SSSR count). The van der Waals surface area contributed by atoms with E-state index >= 15 is 0 Å². The highest BCUT2D eigenvalue weighted by Crippen LogP contribution is 2.28. The Bertz CT molecular complexity index is 1090. The Balaban J connectivity index is 1.21. The van der Waals surface area contributed by atoms with E-state index in [2.05, 4.69) is 10.2 Å². The summed E-state index contributed by atoms with van der Waals surface area (Å²) in [5.41, 5.74) is 4.29. The van der Waals surface area contributed by atoms with Gasteiger partial charge in [0.2, 0.25) is 6.41 Å². The summed E-state index contributed by atoms with van der Waals surface area (Å²) in [5.74, 6) is 0. The molecule has 3 aromatic carbocycles. The van der Waals surface area contributed by atoms with Crippen molar-refractivity contribution in [2.45, 2.75) is 31.6 Å². The zero-order valence-electron chi connectivity index (χ0n) is 20.7. The van der Waals surface area contributed by atoms with Gasteiger partial charge in [-0.3, -0.25) is 9.69 Å². The number of rotatable bonds is 11. The molecule has 190 valence electrons. The molecule has 0 aromatic heterocycles. The number of aliphatic hydroxyl groups excluding tert-OH is 2. The maximum Gasteiger partial charge on any atom is 0.235 e. The van der Waals surface area contributed by atoms with Crippen molar-refractivity contribution in [3.8, 4) is 11.1 Å². The van der Waals surface area contributed by atoms with Crippen LogP contribution in [0.15, 0.2) is 78.9 Å². The van der Waals surface area contributed by atoms with Gasteiger partial charge in [-0.2, -0.15) is 0 Å². The third-order valence-corrected chi connectivity index (χ3v) is 6.70. The molecule has 1 aliphatic heterocycles. The highest BCUT2D eigenvalue weighted by molar-refractivity contribution is 5.77. The summed E-state index contributed by atoms with van der Waals surface area (Å²) < 4.78 is 5.92. The predicted molar refractivity (Wildman–Crippen MR) is 141 cm³/mol. The number of likely N-dealkylation sites (N-methyl/N-ethyl adjacent to an activating group) is 1. The molecule has 3 N–H and O–H groups in total. The second-order valence-electron chi connectivity index (χ2n) is 9.22. The van der Waals surface area contributed by atoms with Crippen LogP contribution in [0, 0.1) is 0 Å². The Morgan fingerprint density at radius 2 is 1.67 bits per heavy atom. The summed E-state index contributed by atoms with van der Waals surface area (Å²) >= 11 is 0. The number of piperidine rings is 1. The number of benzene rings is 3. The number of hydrogen-bond donors (Lipinski definition) is 3. The number of ether oxygens (including phenoxy) is 1. The molecule has 7 nitrogen and oxygen atoms in total. The Kier molecular flexibility index (Phi) is 9.22. The summed E-state index contributed by atoms with van der Waals surface area (Å²) in [6.45, 7) is 3.28. The molecule has 2 unspecified atom stereocenters. The van der Waals surface area contributed by atoms with Crippen LogP contribution < -0.4 is 5.32 Å². The number of aliphatic hydroxyl groups is 2. The van der Waals surface area contributed by atoms with Gasteiger partial charge in [-0.25, -0.2) is 0 Å². The van der Waals surface area contributed by atoms with Crippen molar-refractivity contribution in [3.05, 3.63) is 90.0 Å².